The summed E-state index contributed by atoms with van der Waals surface area (Å²) in [4.78, 5) is 11.6. The second-order valence-electron chi connectivity index (χ2n) is 4.57. The predicted octanol–water partition coefficient (Wildman–Crippen LogP) is 2.09. The summed E-state index contributed by atoms with van der Waals surface area (Å²) in [7, 11) is 0. The van der Waals surface area contributed by atoms with Crippen molar-refractivity contribution in [3.05, 3.63) is 24.2 Å². The Morgan fingerprint density at radius 1 is 1.50 bits per heavy atom. The van der Waals surface area contributed by atoms with Crippen LogP contribution in [0.25, 0.3) is 0 Å². The van der Waals surface area contributed by atoms with E-state index in [9.17, 15) is 4.79 Å². The second-order valence-corrected chi connectivity index (χ2v) is 4.57. The summed E-state index contributed by atoms with van der Waals surface area (Å²) < 4.78 is 5.20. The summed E-state index contributed by atoms with van der Waals surface area (Å²) in [5.41, 5.74) is 5.53. The zero-order valence-electron chi connectivity index (χ0n) is 11.2. The van der Waals surface area contributed by atoms with Gasteiger partial charge in [-0.3, -0.25) is 4.79 Å². The number of rotatable bonds is 9. The largest absolute Gasteiger partial charge is 0.469 e. The molecule has 0 aliphatic carbocycles. The van der Waals surface area contributed by atoms with Crippen molar-refractivity contribution in [3.63, 3.8) is 0 Å². The Balaban J connectivity index is 2.09. The fourth-order valence-corrected chi connectivity index (χ4v) is 1.99. The summed E-state index contributed by atoms with van der Waals surface area (Å²) >= 11 is 0. The average Bonchev–Trinajstić information content (AvgIpc) is 2.87. The lowest BCUT2D eigenvalue weighted by molar-refractivity contribution is -0.121. The van der Waals surface area contributed by atoms with Crippen molar-refractivity contribution >= 4 is 5.91 Å². The maximum atomic E-state index is 11.6. The maximum absolute atomic E-state index is 11.6. The van der Waals surface area contributed by atoms with E-state index in [0.717, 1.165) is 31.4 Å². The Labute approximate surface area is 109 Å². The second kappa shape index (κ2) is 8.75. The topological polar surface area (TPSA) is 68.3 Å². The molecule has 0 aliphatic heterocycles. The van der Waals surface area contributed by atoms with Crippen LogP contribution in [0.15, 0.2) is 22.8 Å². The zero-order valence-corrected chi connectivity index (χ0v) is 11.2. The minimum Gasteiger partial charge on any atom is -0.469 e. The highest BCUT2D eigenvalue weighted by molar-refractivity contribution is 5.75. The van der Waals surface area contributed by atoms with Crippen LogP contribution in [0, 0.1) is 5.92 Å². The molecule has 0 fully saturated rings. The molecule has 1 atom stereocenters. The Bertz CT molecular complexity index is 323. The van der Waals surface area contributed by atoms with Crippen molar-refractivity contribution in [3.8, 4) is 0 Å². The molecule has 0 aliphatic rings. The number of hydrogen-bond acceptors (Lipinski definition) is 3. The van der Waals surface area contributed by atoms with Crippen molar-refractivity contribution in [2.75, 3.05) is 13.1 Å². The molecule has 0 spiro atoms. The highest BCUT2D eigenvalue weighted by Gasteiger charge is 2.08. The van der Waals surface area contributed by atoms with E-state index in [0.29, 0.717) is 25.4 Å². The highest BCUT2D eigenvalue weighted by Crippen LogP contribution is 2.14. The summed E-state index contributed by atoms with van der Waals surface area (Å²) in [6.45, 7) is 3.49. The van der Waals surface area contributed by atoms with Crippen LogP contribution in [0.3, 0.4) is 0 Å². The van der Waals surface area contributed by atoms with Gasteiger partial charge in [-0.15, -0.1) is 0 Å². The summed E-state index contributed by atoms with van der Waals surface area (Å²) in [6.07, 6.45) is 6.03. The van der Waals surface area contributed by atoms with Crippen LogP contribution >= 0.6 is 0 Å². The van der Waals surface area contributed by atoms with E-state index in [4.69, 9.17) is 10.2 Å². The molecule has 1 aromatic rings. The van der Waals surface area contributed by atoms with Gasteiger partial charge in [0.25, 0.3) is 0 Å². The molecule has 1 amide bonds. The van der Waals surface area contributed by atoms with Gasteiger partial charge in [0, 0.05) is 19.4 Å². The van der Waals surface area contributed by atoms with E-state index in [-0.39, 0.29) is 5.91 Å². The minimum absolute atomic E-state index is 0.122. The number of hydrogen-bond donors (Lipinski definition) is 2. The van der Waals surface area contributed by atoms with Crippen molar-refractivity contribution in [1.82, 2.24) is 5.32 Å². The third-order valence-electron chi connectivity index (χ3n) is 3.21. The Hall–Kier alpha value is -1.29. The molecule has 102 valence electrons. The fourth-order valence-electron chi connectivity index (χ4n) is 1.99. The standard InChI is InChI=1S/C14H24N2O2/c1-2-12(7-9-15)5-6-14(17)16-10-8-13-4-3-11-18-13/h3-4,11-12H,2,5-10,15H2,1H3,(H,16,17). The van der Waals surface area contributed by atoms with Gasteiger partial charge in [0.05, 0.1) is 6.26 Å². The van der Waals surface area contributed by atoms with Gasteiger partial charge in [0.1, 0.15) is 5.76 Å². The normalized spacial score (nSPS) is 12.3. The van der Waals surface area contributed by atoms with Gasteiger partial charge >= 0.3 is 0 Å². The van der Waals surface area contributed by atoms with E-state index >= 15 is 0 Å². The third-order valence-corrected chi connectivity index (χ3v) is 3.21. The average molecular weight is 252 g/mol. The molecule has 1 aromatic heterocycles. The number of amides is 1. The van der Waals surface area contributed by atoms with E-state index in [1.54, 1.807) is 6.26 Å². The molecule has 3 N–H and O–H groups in total. The number of carbonyl (C=O) groups is 1. The first-order valence-electron chi connectivity index (χ1n) is 6.75. The maximum Gasteiger partial charge on any atom is 0.220 e. The molecule has 18 heavy (non-hydrogen) atoms. The fraction of sp³-hybridized carbons (Fsp3) is 0.643. The van der Waals surface area contributed by atoms with Crippen LogP contribution in [0.4, 0.5) is 0 Å². The first-order valence-corrected chi connectivity index (χ1v) is 6.75. The molecule has 1 unspecified atom stereocenters. The van der Waals surface area contributed by atoms with E-state index in [1.165, 1.54) is 0 Å². The molecular formula is C14H24N2O2. The van der Waals surface area contributed by atoms with Crippen molar-refractivity contribution < 1.29 is 9.21 Å². The van der Waals surface area contributed by atoms with Gasteiger partial charge in [0.15, 0.2) is 0 Å². The van der Waals surface area contributed by atoms with Gasteiger partial charge < -0.3 is 15.5 Å². The van der Waals surface area contributed by atoms with Gasteiger partial charge in [-0.05, 0) is 37.4 Å². The lowest BCUT2D eigenvalue weighted by Gasteiger charge is -2.12. The molecule has 4 heteroatoms. The van der Waals surface area contributed by atoms with Crippen molar-refractivity contribution in [1.29, 1.82) is 0 Å². The van der Waals surface area contributed by atoms with E-state index < -0.39 is 0 Å². The first kappa shape index (κ1) is 14.8. The smallest absolute Gasteiger partial charge is 0.220 e. The number of furan rings is 1. The van der Waals surface area contributed by atoms with Gasteiger partial charge in [-0.1, -0.05) is 13.3 Å². The summed E-state index contributed by atoms with van der Waals surface area (Å²) in [5.74, 6) is 1.60. The number of carbonyl (C=O) groups excluding carboxylic acids is 1. The quantitative estimate of drug-likeness (QED) is 0.707. The van der Waals surface area contributed by atoms with Crippen LogP contribution in [0.2, 0.25) is 0 Å². The number of nitrogens with one attached hydrogen (secondary N) is 1. The SMILES string of the molecule is CCC(CCN)CCC(=O)NCCc1ccco1. The van der Waals surface area contributed by atoms with Crippen LogP contribution in [0.1, 0.15) is 38.4 Å². The lowest BCUT2D eigenvalue weighted by Crippen LogP contribution is -2.26. The van der Waals surface area contributed by atoms with Gasteiger partial charge in [-0.2, -0.15) is 0 Å². The molecule has 1 heterocycles. The molecule has 0 radical (unpaired) electrons. The monoisotopic (exact) mass is 252 g/mol. The highest BCUT2D eigenvalue weighted by atomic mass is 16.3. The van der Waals surface area contributed by atoms with Crippen LogP contribution < -0.4 is 11.1 Å². The van der Waals surface area contributed by atoms with Crippen molar-refractivity contribution in [2.45, 2.75) is 39.0 Å². The molecule has 1 rings (SSSR count). The Morgan fingerprint density at radius 2 is 2.33 bits per heavy atom. The summed E-state index contributed by atoms with van der Waals surface area (Å²) in [5, 5.41) is 2.91. The van der Waals surface area contributed by atoms with E-state index in [1.807, 2.05) is 12.1 Å². The van der Waals surface area contributed by atoms with E-state index in [2.05, 4.69) is 12.2 Å². The van der Waals surface area contributed by atoms with Crippen LogP contribution in [0.5, 0.6) is 0 Å². The zero-order chi connectivity index (χ0) is 13.2. The molecule has 0 saturated carbocycles. The third kappa shape index (κ3) is 5.87. The Morgan fingerprint density at radius 3 is 2.94 bits per heavy atom. The predicted molar refractivity (Wildman–Crippen MR) is 72.1 cm³/mol. The Kier molecular flexibility index (Phi) is 7.18. The minimum atomic E-state index is 0.122. The van der Waals surface area contributed by atoms with Gasteiger partial charge in [-0.25, -0.2) is 0 Å². The van der Waals surface area contributed by atoms with Gasteiger partial charge in [0.2, 0.25) is 5.91 Å². The van der Waals surface area contributed by atoms with Crippen molar-refractivity contribution in [2.24, 2.45) is 11.7 Å². The van der Waals surface area contributed by atoms with Crippen LogP contribution in [-0.4, -0.2) is 19.0 Å². The first-order chi connectivity index (χ1) is 8.76. The van der Waals surface area contributed by atoms with Crippen LogP contribution in [-0.2, 0) is 11.2 Å². The molecule has 0 aromatic carbocycles. The lowest BCUT2D eigenvalue weighted by atomic mass is 9.96. The molecule has 0 saturated heterocycles. The number of nitrogens with two attached hydrogens (primary N) is 1. The molecule has 4 nitrogen and oxygen atoms in total. The molecular weight excluding hydrogens is 228 g/mol. The molecule has 0 bridgehead atoms. The summed E-state index contributed by atoms with van der Waals surface area (Å²) in [6, 6.07) is 3.77.